The molecule has 0 aliphatic carbocycles. The first-order valence-corrected chi connectivity index (χ1v) is 12.3. The van der Waals surface area contributed by atoms with E-state index in [0.29, 0.717) is 39.1 Å². The molecule has 0 bridgehead atoms. The number of ether oxygens (including phenoxy) is 1. The number of benzene rings is 1. The van der Waals surface area contributed by atoms with Crippen molar-refractivity contribution >= 4 is 69.9 Å². The SMILES string of the molecule is CCCN(CCOc1c(Cl)cc(Cl)cc1Cl)C(=O)n1ccnc1.CSc1nc(N)c(N)c(N)n1. The van der Waals surface area contributed by atoms with E-state index in [-0.39, 0.29) is 30.0 Å². The first kappa shape index (κ1) is 27.6. The Hall–Kier alpha value is -2.60. The van der Waals surface area contributed by atoms with Crippen molar-refractivity contribution in [2.24, 2.45) is 0 Å². The number of aromatic nitrogens is 4. The van der Waals surface area contributed by atoms with Crippen LogP contribution in [0.2, 0.25) is 15.1 Å². The first-order valence-electron chi connectivity index (χ1n) is 9.94. The monoisotopic (exact) mass is 546 g/mol. The summed E-state index contributed by atoms with van der Waals surface area (Å²) in [7, 11) is 0. The van der Waals surface area contributed by atoms with Crippen LogP contribution in [0.3, 0.4) is 0 Å². The van der Waals surface area contributed by atoms with Gasteiger partial charge in [-0.1, -0.05) is 53.5 Å². The molecule has 10 nitrogen and oxygen atoms in total. The van der Waals surface area contributed by atoms with Gasteiger partial charge in [-0.25, -0.2) is 19.7 Å². The molecule has 0 aliphatic heterocycles. The second kappa shape index (κ2) is 13.3. The Kier molecular flexibility index (Phi) is 10.8. The summed E-state index contributed by atoms with van der Waals surface area (Å²) in [5, 5.41) is 1.65. The molecule has 3 rings (SSSR count). The van der Waals surface area contributed by atoms with Crippen molar-refractivity contribution in [2.45, 2.75) is 18.5 Å². The van der Waals surface area contributed by atoms with Gasteiger partial charge in [-0.3, -0.25) is 4.57 Å². The molecule has 1 amide bonds. The Morgan fingerprint density at radius 2 is 1.74 bits per heavy atom. The Labute approximate surface area is 216 Å². The summed E-state index contributed by atoms with van der Waals surface area (Å²) in [5.74, 6) is 0.841. The van der Waals surface area contributed by atoms with E-state index in [9.17, 15) is 4.79 Å². The molecule has 0 spiro atoms. The molecule has 6 N–H and O–H groups in total. The maximum atomic E-state index is 12.3. The summed E-state index contributed by atoms with van der Waals surface area (Å²) < 4.78 is 7.05. The lowest BCUT2D eigenvalue weighted by atomic mass is 10.3. The average Bonchev–Trinajstić information content (AvgIpc) is 3.33. The minimum Gasteiger partial charge on any atom is -0.489 e. The molecular formula is C20H25Cl3N8O2S. The summed E-state index contributed by atoms with van der Waals surface area (Å²) in [5.41, 5.74) is 16.5. The van der Waals surface area contributed by atoms with E-state index < -0.39 is 0 Å². The van der Waals surface area contributed by atoms with E-state index in [1.165, 1.54) is 22.7 Å². The zero-order valence-electron chi connectivity index (χ0n) is 18.5. The van der Waals surface area contributed by atoms with Crippen LogP contribution in [-0.2, 0) is 0 Å². The summed E-state index contributed by atoms with van der Waals surface area (Å²) in [6, 6.07) is 2.97. The number of hydrogen-bond acceptors (Lipinski definition) is 9. The van der Waals surface area contributed by atoms with Gasteiger partial charge >= 0.3 is 6.03 Å². The predicted octanol–water partition coefficient (Wildman–Crippen LogP) is 4.55. The maximum Gasteiger partial charge on any atom is 0.329 e. The highest BCUT2D eigenvalue weighted by molar-refractivity contribution is 7.98. The number of carbonyl (C=O) groups excluding carboxylic acids is 1. The molecule has 34 heavy (non-hydrogen) atoms. The fourth-order valence-corrected chi connectivity index (χ4v) is 3.91. The summed E-state index contributed by atoms with van der Waals surface area (Å²) in [6.45, 7) is 3.28. The molecule has 184 valence electrons. The van der Waals surface area contributed by atoms with Crippen LogP contribution in [0, 0.1) is 0 Å². The third kappa shape index (κ3) is 7.73. The van der Waals surface area contributed by atoms with Gasteiger partial charge in [0.2, 0.25) is 0 Å². The van der Waals surface area contributed by atoms with Crippen LogP contribution >= 0.6 is 46.6 Å². The number of halogens is 3. The lowest BCUT2D eigenvalue weighted by Gasteiger charge is -2.22. The number of nitrogen functional groups attached to an aromatic ring is 3. The lowest BCUT2D eigenvalue weighted by Crippen LogP contribution is -2.37. The van der Waals surface area contributed by atoms with Crippen molar-refractivity contribution in [1.29, 1.82) is 0 Å². The van der Waals surface area contributed by atoms with Gasteiger partial charge in [0.05, 0.1) is 16.6 Å². The molecule has 0 fully saturated rings. The third-order valence-electron chi connectivity index (χ3n) is 4.23. The smallest absolute Gasteiger partial charge is 0.329 e. The molecular weight excluding hydrogens is 523 g/mol. The maximum absolute atomic E-state index is 12.3. The molecule has 3 aromatic rings. The molecule has 2 aromatic heterocycles. The van der Waals surface area contributed by atoms with Gasteiger partial charge in [0.1, 0.15) is 18.6 Å². The largest absolute Gasteiger partial charge is 0.489 e. The van der Waals surface area contributed by atoms with Crippen LogP contribution in [-0.4, -0.2) is 56.4 Å². The number of thioether (sulfide) groups is 1. The van der Waals surface area contributed by atoms with Gasteiger partial charge in [0, 0.05) is 24.0 Å². The highest BCUT2D eigenvalue weighted by Crippen LogP contribution is 2.35. The number of anilines is 3. The lowest BCUT2D eigenvalue weighted by molar-refractivity contribution is 0.184. The third-order valence-corrected chi connectivity index (χ3v) is 5.55. The van der Waals surface area contributed by atoms with Crippen molar-refractivity contribution in [3.05, 3.63) is 45.9 Å². The number of nitrogens with zero attached hydrogens (tertiary/aromatic N) is 5. The number of amides is 1. The Morgan fingerprint density at radius 1 is 1.12 bits per heavy atom. The molecule has 0 aliphatic rings. The summed E-state index contributed by atoms with van der Waals surface area (Å²) in [4.78, 5) is 25.7. The van der Waals surface area contributed by atoms with Gasteiger partial charge in [0.15, 0.2) is 22.5 Å². The summed E-state index contributed by atoms with van der Waals surface area (Å²) in [6.07, 6.45) is 7.32. The van der Waals surface area contributed by atoms with Crippen molar-refractivity contribution in [3.63, 3.8) is 0 Å². The highest BCUT2D eigenvalue weighted by atomic mass is 35.5. The van der Waals surface area contributed by atoms with E-state index in [0.717, 1.165) is 6.42 Å². The molecule has 0 atom stereocenters. The minimum atomic E-state index is -0.152. The van der Waals surface area contributed by atoms with E-state index >= 15 is 0 Å². The molecule has 14 heteroatoms. The molecule has 0 unspecified atom stereocenters. The molecule has 0 radical (unpaired) electrons. The van der Waals surface area contributed by atoms with Crippen LogP contribution in [0.5, 0.6) is 5.75 Å². The van der Waals surface area contributed by atoms with Gasteiger partial charge < -0.3 is 26.8 Å². The molecule has 2 heterocycles. The standard InChI is InChI=1S/C15H16Cl3N3O2.C5H9N5S/c1-2-4-20(15(22)21-5-3-19-10-21)6-7-23-14-12(17)8-11(16)9-13(14)18;1-11-5-9-3(7)2(6)4(8)10-5/h3,5,8-10H,2,4,6-7H2,1H3;6H2,1H3,(H4,7,8,9,10). The van der Waals surface area contributed by atoms with Gasteiger partial charge in [-0.15, -0.1) is 0 Å². The normalized spacial score (nSPS) is 10.4. The number of rotatable bonds is 7. The van der Waals surface area contributed by atoms with Crippen molar-refractivity contribution in [3.8, 4) is 5.75 Å². The van der Waals surface area contributed by atoms with E-state index in [1.54, 1.807) is 29.4 Å². The average molecular weight is 548 g/mol. The van der Waals surface area contributed by atoms with Crippen LogP contribution in [0.1, 0.15) is 13.3 Å². The van der Waals surface area contributed by atoms with Crippen LogP contribution in [0.15, 0.2) is 36.0 Å². The van der Waals surface area contributed by atoms with Crippen LogP contribution in [0.25, 0.3) is 0 Å². The fourth-order valence-electron chi connectivity index (χ4n) is 2.61. The van der Waals surface area contributed by atoms with E-state index in [1.807, 2.05) is 13.2 Å². The minimum absolute atomic E-state index is 0.152. The van der Waals surface area contributed by atoms with Crippen molar-refractivity contribution in [2.75, 3.05) is 43.2 Å². The Balaban J connectivity index is 0.000000310. The fraction of sp³-hybridized carbons (Fsp3) is 0.300. The second-order valence-electron chi connectivity index (χ2n) is 6.68. The number of carbonyl (C=O) groups is 1. The van der Waals surface area contributed by atoms with E-state index in [4.69, 9.17) is 56.7 Å². The van der Waals surface area contributed by atoms with Gasteiger partial charge in [-0.2, -0.15) is 0 Å². The Morgan fingerprint density at radius 3 is 2.24 bits per heavy atom. The highest BCUT2D eigenvalue weighted by Gasteiger charge is 2.15. The Bertz CT molecular complexity index is 1060. The number of imidazole rings is 1. The second-order valence-corrected chi connectivity index (χ2v) is 8.71. The van der Waals surface area contributed by atoms with Gasteiger partial charge in [0.25, 0.3) is 0 Å². The topological polar surface area (TPSA) is 151 Å². The first-order chi connectivity index (χ1) is 16.2. The molecule has 0 saturated heterocycles. The quantitative estimate of drug-likeness (QED) is 0.286. The molecule has 1 aromatic carbocycles. The van der Waals surface area contributed by atoms with Crippen molar-refractivity contribution < 1.29 is 9.53 Å². The van der Waals surface area contributed by atoms with E-state index in [2.05, 4.69) is 15.0 Å². The van der Waals surface area contributed by atoms with Crippen molar-refractivity contribution in [1.82, 2.24) is 24.4 Å². The predicted molar refractivity (Wildman–Crippen MR) is 139 cm³/mol. The zero-order chi connectivity index (χ0) is 25.3. The zero-order valence-corrected chi connectivity index (χ0v) is 21.6. The van der Waals surface area contributed by atoms with Gasteiger partial charge in [-0.05, 0) is 24.8 Å². The molecule has 0 saturated carbocycles. The summed E-state index contributed by atoms with van der Waals surface area (Å²) >= 11 is 19.4. The van der Waals surface area contributed by atoms with Crippen LogP contribution < -0.4 is 21.9 Å². The number of hydrogen-bond donors (Lipinski definition) is 3. The number of nitrogens with two attached hydrogens (primary N) is 3. The van der Waals surface area contributed by atoms with Crippen LogP contribution in [0.4, 0.5) is 22.1 Å².